The van der Waals surface area contributed by atoms with Gasteiger partial charge >= 0.3 is 0 Å². The number of nitrogens with two attached hydrogens (primary N) is 1. The molecule has 1 amide bonds. The number of ether oxygens (including phenoxy) is 1. The van der Waals surface area contributed by atoms with Gasteiger partial charge in [0.2, 0.25) is 0 Å². The summed E-state index contributed by atoms with van der Waals surface area (Å²) in [4.78, 5) is 19.0. The van der Waals surface area contributed by atoms with Crippen LogP contribution in [0.5, 0.6) is 5.75 Å². The molecule has 0 aromatic heterocycles. The van der Waals surface area contributed by atoms with Gasteiger partial charge in [0.25, 0.3) is 5.91 Å². The van der Waals surface area contributed by atoms with Crippen LogP contribution in [0.3, 0.4) is 0 Å². The Morgan fingerprint density at radius 1 is 1.29 bits per heavy atom. The van der Waals surface area contributed by atoms with E-state index < -0.39 is 17.0 Å². The molecule has 2 aromatic carbocycles. The number of amides is 1. The first-order valence-electron chi connectivity index (χ1n) is 8.84. The zero-order chi connectivity index (χ0) is 20.3. The molecule has 2 N–H and O–H groups in total. The lowest BCUT2D eigenvalue weighted by Gasteiger charge is -2.41. The maximum Gasteiger partial charge on any atom is 0.261 e. The average molecular weight is 378 g/mol. The van der Waals surface area contributed by atoms with Crippen LogP contribution in [0, 0.1) is 17.1 Å². The van der Waals surface area contributed by atoms with Gasteiger partial charge in [0.1, 0.15) is 17.2 Å². The van der Waals surface area contributed by atoms with Crippen LogP contribution >= 0.6 is 0 Å². The Kier molecular flexibility index (Phi) is 3.72. The number of aliphatic imine (C=N–C) groups is 1. The van der Waals surface area contributed by atoms with Gasteiger partial charge in [-0.15, -0.1) is 0 Å². The number of likely N-dealkylation sites (N-methyl/N-ethyl adjacent to an activating group) is 1. The number of carbonyl (C=O) groups is 1. The van der Waals surface area contributed by atoms with Crippen LogP contribution in [-0.2, 0) is 10.3 Å². The Labute approximate surface area is 162 Å². The van der Waals surface area contributed by atoms with Crippen LogP contribution in [0.15, 0.2) is 41.4 Å². The van der Waals surface area contributed by atoms with Crippen LogP contribution in [0.2, 0.25) is 0 Å². The van der Waals surface area contributed by atoms with Crippen molar-refractivity contribution in [2.45, 2.75) is 31.4 Å². The highest BCUT2D eigenvalue weighted by Gasteiger charge is 2.55. The smallest absolute Gasteiger partial charge is 0.261 e. The number of nitrogens with zero attached hydrogens (tertiary/aromatic N) is 3. The number of benzene rings is 2. The second-order valence-electron chi connectivity index (χ2n) is 7.75. The minimum Gasteiger partial charge on any atom is -0.487 e. The summed E-state index contributed by atoms with van der Waals surface area (Å²) < 4.78 is 20.5. The molecule has 2 aromatic rings. The molecule has 0 saturated heterocycles. The Balaban J connectivity index is 1.95. The molecule has 142 valence electrons. The standard InChI is InChI=1S/C21H19FN4O2/c1-20(2)11-21(18(27)26(3)19(24)25-21)15-9-13(5-7-17(15)28-20)14-8-12(10-23)4-6-16(14)22/h4-9H,11H2,1-3H3,(H2,24,25). The molecule has 4 rings (SSSR count). The highest BCUT2D eigenvalue weighted by molar-refractivity contribution is 6.07. The van der Waals surface area contributed by atoms with E-state index in [2.05, 4.69) is 4.99 Å². The van der Waals surface area contributed by atoms with Gasteiger partial charge in [-0.3, -0.25) is 9.69 Å². The van der Waals surface area contributed by atoms with E-state index in [1.54, 1.807) is 25.2 Å². The van der Waals surface area contributed by atoms with Gasteiger partial charge in [-0.2, -0.15) is 5.26 Å². The summed E-state index contributed by atoms with van der Waals surface area (Å²) in [6.45, 7) is 3.78. The number of nitriles is 1. The fourth-order valence-corrected chi connectivity index (χ4v) is 3.96. The van der Waals surface area contributed by atoms with Crippen molar-refractivity contribution in [3.63, 3.8) is 0 Å². The Morgan fingerprint density at radius 3 is 2.68 bits per heavy atom. The van der Waals surface area contributed by atoms with E-state index in [0.29, 0.717) is 28.9 Å². The third-order valence-corrected chi connectivity index (χ3v) is 5.21. The van der Waals surface area contributed by atoms with Crippen LogP contribution in [-0.4, -0.2) is 29.4 Å². The molecule has 0 saturated carbocycles. The summed E-state index contributed by atoms with van der Waals surface area (Å²) in [7, 11) is 1.58. The maximum absolute atomic E-state index is 14.5. The van der Waals surface area contributed by atoms with E-state index in [9.17, 15) is 9.18 Å². The topological polar surface area (TPSA) is 91.7 Å². The SMILES string of the molecule is CN1C(=O)C2(CC(C)(C)Oc3ccc(-c4cc(C#N)ccc4F)cc32)N=C1N. The molecule has 7 heteroatoms. The summed E-state index contributed by atoms with van der Waals surface area (Å²) in [6.07, 6.45) is 0.307. The summed E-state index contributed by atoms with van der Waals surface area (Å²) in [5.74, 6) is -0.0530. The number of hydrogen-bond acceptors (Lipinski definition) is 5. The minimum atomic E-state index is -1.21. The molecule has 1 spiro atoms. The number of guanidine groups is 1. The van der Waals surface area contributed by atoms with Crippen molar-refractivity contribution < 1.29 is 13.9 Å². The fraction of sp³-hybridized carbons (Fsp3) is 0.286. The number of carbonyl (C=O) groups excluding carboxylic acids is 1. The lowest BCUT2D eigenvalue weighted by molar-refractivity contribution is -0.133. The molecule has 2 aliphatic rings. The van der Waals surface area contributed by atoms with Crippen molar-refractivity contribution >= 4 is 11.9 Å². The molecule has 2 heterocycles. The van der Waals surface area contributed by atoms with E-state index in [4.69, 9.17) is 15.7 Å². The maximum atomic E-state index is 14.5. The van der Waals surface area contributed by atoms with E-state index in [0.717, 1.165) is 0 Å². The first-order valence-corrected chi connectivity index (χ1v) is 8.84. The lowest BCUT2D eigenvalue weighted by atomic mass is 9.77. The van der Waals surface area contributed by atoms with E-state index >= 15 is 0 Å². The lowest BCUT2D eigenvalue weighted by Crippen LogP contribution is -2.49. The van der Waals surface area contributed by atoms with E-state index in [1.807, 2.05) is 19.9 Å². The van der Waals surface area contributed by atoms with Crippen molar-refractivity contribution in [1.29, 1.82) is 5.26 Å². The number of rotatable bonds is 1. The fourth-order valence-electron chi connectivity index (χ4n) is 3.96. The Hall–Kier alpha value is -3.40. The van der Waals surface area contributed by atoms with Gasteiger partial charge in [0.15, 0.2) is 11.5 Å². The molecular weight excluding hydrogens is 359 g/mol. The van der Waals surface area contributed by atoms with Crippen molar-refractivity contribution in [3.05, 3.63) is 53.3 Å². The van der Waals surface area contributed by atoms with Crippen LogP contribution in [0.4, 0.5) is 4.39 Å². The zero-order valence-electron chi connectivity index (χ0n) is 15.8. The van der Waals surface area contributed by atoms with Crippen LogP contribution in [0.1, 0.15) is 31.4 Å². The molecule has 0 aliphatic carbocycles. The van der Waals surface area contributed by atoms with Crippen molar-refractivity contribution in [2.24, 2.45) is 10.7 Å². The summed E-state index contributed by atoms with van der Waals surface area (Å²) in [6, 6.07) is 11.3. The molecule has 2 aliphatic heterocycles. The molecule has 1 unspecified atom stereocenters. The number of hydrogen-bond donors (Lipinski definition) is 1. The monoisotopic (exact) mass is 378 g/mol. The molecule has 6 nitrogen and oxygen atoms in total. The van der Waals surface area contributed by atoms with Crippen LogP contribution < -0.4 is 10.5 Å². The second kappa shape index (κ2) is 5.80. The van der Waals surface area contributed by atoms with Gasteiger partial charge in [-0.25, -0.2) is 9.38 Å². The molecule has 0 radical (unpaired) electrons. The van der Waals surface area contributed by atoms with Gasteiger partial charge < -0.3 is 10.5 Å². The second-order valence-corrected chi connectivity index (χ2v) is 7.75. The summed E-state index contributed by atoms with van der Waals surface area (Å²) in [5, 5.41) is 9.14. The normalized spacial score (nSPS) is 22.5. The minimum absolute atomic E-state index is 0.136. The molecule has 0 fully saturated rings. The van der Waals surface area contributed by atoms with E-state index in [1.165, 1.54) is 23.1 Å². The highest BCUT2D eigenvalue weighted by Crippen LogP contribution is 2.49. The average Bonchev–Trinajstić information content (AvgIpc) is 2.85. The van der Waals surface area contributed by atoms with Crippen molar-refractivity contribution in [2.75, 3.05) is 7.05 Å². The number of halogens is 1. The first-order chi connectivity index (χ1) is 13.2. The Morgan fingerprint density at radius 2 is 2.04 bits per heavy atom. The van der Waals surface area contributed by atoms with Gasteiger partial charge in [0, 0.05) is 24.6 Å². The third kappa shape index (κ3) is 2.53. The predicted octanol–water partition coefficient (Wildman–Crippen LogP) is 2.91. The van der Waals surface area contributed by atoms with Gasteiger partial charge in [0.05, 0.1) is 11.6 Å². The van der Waals surface area contributed by atoms with Crippen molar-refractivity contribution in [1.82, 2.24) is 4.90 Å². The predicted molar refractivity (Wildman–Crippen MR) is 102 cm³/mol. The summed E-state index contributed by atoms with van der Waals surface area (Å²) in [5.41, 5.74) is 5.80. The van der Waals surface area contributed by atoms with E-state index in [-0.39, 0.29) is 17.4 Å². The van der Waals surface area contributed by atoms with Gasteiger partial charge in [-0.1, -0.05) is 6.07 Å². The summed E-state index contributed by atoms with van der Waals surface area (Å²) >= 11 is 0. The molecule has 28 heavy (non-hydrogen) atoms. The molecule has 1 atom stereocenters. The quantitative estimate of drug-likeness (QED) is 0.826. The zero-order valence-corrected chi connectivity index (χ0v) is 15.8. The largest absolute Gasteiger partial charge is 0.487 e. The number of fused-ring (bicyclic) bond motifs is 2. The first kappa shape index (κ1) is 18.0. The van der Waals surface area contributed by atoms with Crippen LogP contribution in [0.25, 0.3) is 11.1 Å². The third-order valence-electron chi connectivity index (χ3n) is 5.21. The Bertz CT molecular complexity index is 1090. The molecule has 0 bridgehead atoms. The van der Waals surface area contributed by atoms with Crippen molar-refractivity contribution in [3.8, 4) is 22.9 Å². The molecular formula is C21H19FN4O2. The van der Waals surface area contributed by atoms with Gasteiger partial charge in [-0.05, 0) is 49.7 Å². The highest BCUT2D eigenvalue weighted by atomic mass is 19.1.